The Kier molecular flexibility index (Phi) is 5.63. The van der Waals surface area contributed by atoms with Crippen LogP contribution < -0.4 is 14.3 Å². The van der Waals surface area contributed by atoms with Crippen LogP contribution in [0.3, 0.4) is 0 Å². The van der Waals surface area contributed by atoms with Crippen molar-refractivity contribution in [3.8, 4) is 0 Å². The molecule has 1 aliphatic rings. The van der Waals surface area contributed by atoms with E-state index in [2.05, 4.69) is 9.44 Å². The fourth-order valence-electron chi connectivity index (χ4n) is 2.56. The van der Waals surface area contributed by atoms with Crippen LogP contribution in [0.15, 0.2) is 23.1 Å². The van der Waals surface area contributed by atoms with E-state index in [4.69, 9.17) is 0 Å². The lowest BCUT2D eigenvalue weighted by Gasteiger charge is -2.28. The maximum atomic E-state index is 12.3. The molecular formula is C14H21N3O5S2. The summed E-state index contributed by atoms with van der Waals surface area (Å²) in [6, 6.07) is 4.59. The van der Waals surface area contributed by atoms with E-state index in [1.807, 2.05) is 0 Å². The minimum atomic E-state index is -3.81. The molecule has 24 heavy (non-hydrogen) atoms. The zero-order valence-electron chi connectivity index (χ0n) is 13.6. The standard InChI is InChI=1S/C14H21N3O5S2/c1-11(18)17-8-3-4-12-10-13(5-6-14(12)17)24(21,22)16-7-9-23(19,20)15-2/h5-6,10,15-16H,3-4,7-9H2,1-2H3. The first-order valence-electron chi connectivity index (χ1n) is 7.48. The Labute approximate surface area is 142 Å². The molecule has 0 radical (unpaired) electrons. The van der Waals surface area contributed by atoms with E-state index in [1.165, 1.54) is 20.0 Å². The zero-order chi connectivity index (χ0) is 18.0. The summed E-state index contributed by atoms with van der Waals surface area (Å²) in [4.78, 5) is 13.3. The quantitative estimate of drug-likeness (QED) is 0.716. The van der Waals surface area contributed by atoms with Gasteiger partial charge in [-0.05, 0) is 43.7 Å². The molecule has 0 spiro atoms. The normalized spacial score (nSPS) is 15.2. The molecular weight excluding hydrogens is 354 g/mol. The number of carbonyl (C=O) groups is 1. The Morgan fingerprint density at radius 3 is 2.58 bits per heavy atom. The molecule has 1 aromatic rings. The van der Waals surface area contributed by atoms with Crippen molar-refractivity contribution in [2.75, 3.05) is 30.8 Å². The van der Waals surface area contributed by atoms with Crippen LogP contribution in [0.25, 0.3) is 0 Å². The SMILES string of the molecule is CNS(=O)(=O)CCNS(=O)(=O)c1ccc2c(c1)CCCN2C(C)=O. The molecule has 0 unspecified atom stereocenters. The molecule has 0 fully saturated rings. The lowest BCUT2D eigenvalue weighted by Crippen LogP contribution is -2.34. The van der Waals surface area contributed by atoms with E-state index >= 15 is 0 Å². The monoisotopic (exact) mass is 375 g/mol. The third kappa shape index (κ3) is 4.32. The Morgan fingerprint density at radius 2 is 1.96 bits per heavy atom. The van der Waals surface area contributed by atoms with Crippen LogP contribution in [-0.4, -0.2) is 48.6 Å². The molecule has 1 aromatic carbocycles. The summed E-state index contributed by atoms with van der Waals surface area (Å²) < 4.78 is 51.7. The van der Waals surface area contributed by atoms with Crippen molar-refractivity contribution in [1.82, 2.24) is 9.44 Å². The van der Waals surface area contributed by atoms with Crippen LogP contribution in [-0.2, 0) is 31.3 Å². The molecule has 8 nitrogen and oxygen atoms in total. The van der Waals surface area contributed by atoms with Crippen molar-refractivity contribution in [2.24, 2.45) is 0 Å². The summed E-state index contributed by atoms with van der Waals surface area (Å²) in [7, 11) is -6.01. The van der Waals surface area contributed by atoms with Gasteiger partial charge in [0.05, 0.1) is 10.6 Å². The van der Waals surface area contributed by atoms with Gasteiger partial charge in [0, 0.05) is 25.7 Å². The average Bonchev–Trinajstić information content (AvgIpc) is 2.53. The number of sulfonamides is 2. The lowest BCUT2D eigenvalue weighted by atomic mass is 10.0. The first-order valence-corrected chi connectivity index (χ1v) is 10.6. The summed E-state index contributed by atoms with van der Waals surface area (Å²) in [5, 5.41) is 0. The van der Waals surface area contributed by atoms with Gasteiger partial charge in [-0.1, -0.05) is 0 Å². The van der Waals surface area contributed by atoms with Crippen molar-refractivity contribution in [1.29, 1.82) is 0 Å². The summed E-state index contributed by atoms with van der Waals surface area (Å²) in [6.07, 6.45) is 1.46. The highest BCUT2D eigenvalue weighted by molar-refractivity contribution is 7.90. The number of benzene rings is 1. The third-order valence-corrected chi connectivity index (χ3v) is 6.66. The van der Waals surface area contributed by atoms with Gasteiger partial charge in [-0.2, -0.15) is 0 Å². The van der Waals surface area contributed by atoms with Crippen LogP contribution >= 0.6 is 0 Å². The number of fused-ring (bicyclic) bond motifs is 1. The van der Waals surface area contributed by atoms with Gasteiger partial charge in [0.15, 0.2) is 0 Å². The van der Waals surface area contributed by atoms with Gasteiger partial charge in [0.25, 0.3) is 0 Å². The number of nitrogens with one attached hydrogen (secondary N) is 2. The van der Waals surface area contributed by atoms with Crippen LogP contribution in [0, 0.1) is 0 Å². The van der Waals surface area contributed by atoms with E-state index < -0.39 is 20.0 Å². The first-order chi connectivity index (χ1) is 11.2. The molecule has 0 saturated heterocycles. The van der Waals surface area contributed by atoms with Gasteiger partial charge in [0.2, 0.25) is 26.0 Å². The Balaban J connectivity index is 2.19. The molecule has 0 aliphatic carbocycles. The van der Waals surface area contributed by atoms with Crippen molar-refractivity contribution < 1.29 is 21.6 Å². The van der Waals surface area contributed by atoms with Gasteiger partial charge in [-0.3, -0.25) is 4.79 Å². The molecule has 0 bridgehead atoms. The van der Waals surface area contributed by atoms with Gasteiger partial charge in [-0.25, -0.2) is 26.3 Å². The maximum Gasteiger partial charge on any atom is 0.240 e. The van der Waals surface area contributed by atoms with Crippen LogP contribution in [0.1, 0.15) is 18.9 Å². The minimum Gasteiger partial charge on any atom is -0.312 e. The largest absolute Gasteiger partial charge is 0.312 e. The Hall–Kier alpha value is -1.49. The molecule has 2 N–H and O–H groups in total. The summed E-state index contributed by atoms with van der Waals surface area (Å²) in [5.41, 5.74) is 1.52. The maximum absolute atomic E-state index is 12.3. The van der Waals surface area contributed by atoms with Gasteiger partial charge < -0.3 is 4.90 Å². The van der Waals surface area contributed by atoms with Gasteiger partial charge >= 0.3 is 0 Å². The number of hydrogen-bond donors (Lipinski definition) is 2. The molecule has 2 rings (SSSR count). The highest BCUT2D eigenvalue weighted by Gasteiger charge is 2.23. The zero-order valence-corrected chi connectivity index (χ0v) is 15.2. The topological polar surface area (TPSA) is 113 Å². The lowest BCUT2D eigenvalue weighted by molar-refractivity contribution is -0.116. The molecule has 0 aromatic heterocycles. The molecule has 0 atom stereocenters. The summed E-state index contributed by atoms with van der Waals surface area (Å²) in [6.45, 7) is 1.88. The number of nitrogens with zero attached hydrogens (tertiary/aromatic N) is 1. The molecule has 134 valence electrons. The van der Waals surface area contributed by atoms with Crippen molar-refractivity contribution in [2.45, 2.75) is 24.7 Å². The van der Waals surface area contributed by atoms with Crippen LogP contribution in [0.5, 0.6) is 0 Å². The van der Waals surface area contributed by atoms with E-state index in [9.17, 15) is 21.6 Å². The third-order valence-electron chi connectivity index (χ3n) is 3.83. The van der Waals surface area contributed by atoms with E-state index in [0.29, 0.717) is 13.0 Å². The van der Waals surface area contributed by atoms with Crippen molar-refractivity contribution >= 4 is 31.6 Å². The van der Waals surface area contributed by atoms with E-state index in [-0.39, 0.29) is 23.1 Å². The molecule has 0 saturated carbocycles. The second-order valence-corrected chi connectivity index (χ2v) is 9.30. The smallest absolute Gasteiger partial charge is 0.240 e. The van der Waals surface area contributed by atoms with Crippen LogP contribution in [0.4, 0.5) is 5.69 Å². The molecule has 10 heteroatoms. The highest BCUT2D eigenvalue weighted by atomic mass is 32.2. The van der Waals surface area contributed by atoms with E-state index in [0.717, 1.165) is 17.7 Å². The Bertz CT molecular complexity index is 834. The fourth-order valence-corrected chi connectivity index (χ4v) is 4.35. The summed E-state index contributed by atoms with van der Waals surface area (Å²) >= 11 is 0. The number of hydrogen-bond acceptors (Lipinski definition) is 5. The molecule has 1 aliphatic heterocycles. The number of anilines is 1. The van der Waals surface area contributed by atoms with Gasteiger partial charge in [0.1, 0.15) is 0 Å². The highest BCUT2D eigenvalue weighted by Crippen LogP contribution is 2.29. The average molecular weight is 375 g/mol. The number of amides is 1. The minimum absolute atomic E-state index is 0.0634. The number of aryl methyl sites for hydroxylation is 1. The first kappa shape index (κ1) is 18.8. The van der Waals surface area contributed by atoms with E-state index in [1.54, 1.807) is 17.0 Å². The predicted octanol–water partition coefficient (Wildman–Crippen LogP) is -0.187. The molecule has 1 heterocycles. The number of rotatable bonds is 6. The fraction of sp³-hybridized carbons (Fsp3) is 0.500. The second kappa shape index (κ2) is 7.18. The Morgan fingerprint density at radius 1 is 1.25 bits per heavy atom. The number of carbonyl (C=O) groups excluding carboxylic acids is 1. The van der Waals surface area contributed by atoms with Crippen molar-refractivity contribution in [3.05, 3.63) is 23.8 Å². The van der Waals surface area contributed by atoms with Crippen molar-refractivity contribution in [3.63, 3.8) is 0 Å². The van der Waals surface area contributed by atoms with Crippen LogP contribution in [0.2, 0.25) is 0 Å². The summed E-state index contributed by atoms with van der Waals surface area (Å²) in [5.74, 6) is -0.423. The molecule has 1 amide bonds. The van der Waals surface area contributed by atoms with Gasteiger partial charge in [-0.15, -0.1) is 0 Å². The predicted molar refractivity (Wildman–Crippen MR) is 90.8 cm³/mol. The second-order valence-electron chi connectivity index (χ2n) is 5.49.